The SMILES string of the molecule is CN=C(NCCC(=O)Nc1cccc(C)n1)NCC1Cc2ccccc2O1.I. The van der Waals surface area contributed by atoms with Gasteiger partial charge in [-0.15, -0.1) is 24.0 Å². The average Bonchev–Trinajstić information content (AvgIpc) is 3.07. The quantitative estimate of drug-likeness (QED) is 0.326. The number of carbonyl (C=O) groups excluding carboxylic acids is 1. The van der Waals surface area contributed by atoms with Gasteiger partial charge in [0.2, 0.25) is 5.91 Å². The molecule has 150 valence electrons. The Labute approximate surface area is 182 Å². The molecule has 1 unspecified atom stereocenters. The van der Waals surface area contributed by atoms with E-state index in [0.29, 0.717) is 31.3 Å². The number of para-hydroxylation sites is 1. The Balaban J connectivity index is 0.00000280. The minimum Gasteiger partial charge on any atom is -0.488 e. The topological polar surface area (TPSA) is 87.6 Å². The maximum absolute atomic E-state index is 12.0. The molecule has 7 nitrogen and oxygen atoms in total. The van der Waals surface area contributed by atoms with Crippen molar-refractivity contribution in [2.75, 3.05) is 25.5 Å². The van der Waals surface area contributed by atoms with E-state index in [0.717, 1.165) is 17.9 Å². The maximum atomic E-state index is 12.0. The van der Waals surface area contributed by atoms with Crippen LogP contribution in [-0.2, 0) is 11.2 Å². The number of aromatic nitrogens is 1. The summed E-state index contributed by atoms with van der Waals surface area (Å²) >= 11 is 0. The Hall–Kier alpha value is -2.36. The fourth-order valence-corrected chi connectivity index (χ4v) is 2.91. The zero-order valence-corrected chi connectivity index (χ0v) is 18.4. The maximum Gasteiger partial charge on any atom is 0.227 e. The van der Waals surface area contributed by atoms with Crippen molar-refractivity contribution in [2.24, 2.45) is 4.99 Å². The Morgan fingerprint density at radius 2 is 2.04 bits per heavy atom. The lowest BCUT2D eigenvalue weighted by atomic mass is 10.1. The molecule has 0 fully saturated rings. The van der Waals surface area contributed by atoms with E-state index in [1.165, 1.54) is 5.56 Å². The number of hydrogen-bond donors (Lipinski definition) is 3. The zero-order valence-electron chi connectivity index (χ0n) is 16.1. The van der Waals surface area contributed by atoms with Gasteiger partial charge in [-0.3, -0.25) is 9.79 Å². The number of fused-ring (bicyclic) bond motifs is 1. The van der Waals surface area contributed by atoms with Crippen LogP contribution in [-0.4, -0.2) is 43.1 Å². The Morgan fingerprint density at radius 1 is 1.21 bits per heavy atom. The number of anilines is 1. The molecule has 1 atom stereocenters. The van der Waals surface area contributed by atoms with E-state index in [2.05, 4.69) is 32.0 Å². The summed E-state index contributed by atoms with van der Waals surface area (Å²) in [7, 11) is 1.70. The third kappa shape index (κ3) is 6.36. The number of hydrogen-bond acceptors (Lipinski definition) is 4. The van der Waals surface area contributed by atoms with Crippen LogP contribution in [0.2, 0.25) is 0 Å². The molecule has 0 aliphatic carbocycles. The summed E-state index contributed by atoms with van der Waals surface area (Å²) < 4.78 is 5.90. The minimum atomic E-state index is -0.0920. The summed E-state index contributed by atoms with van der Waals surface area (Å²) in [6.45, 7) is 3.01. The van der Waals surface area contributed by atoms with Gasteiger partial charge in [0.15, 0.2) is 5.96 Å². The molecule has 0 saturated carbocycles. The van der Waals surface area contributed by atoms with E-state index in [-0.39, 0.29) is 36.0 Å². The van der Waals surface area contributed by atoms with Crippen molar-refractivity contribution in [1.29, 1.82) is 0 Å². The summed E-state index contributed by atoms with van der Waals surface area (Å²) in [6.07, 6.45) is 1.28. The van der Waals surface area contributed by atoms with Crippen LogP contribution < -0.4 is 20.7 Å². The van der Waals surface area contributed by atoms with E-state index in [1.807, 2.05) is 37.3 Å². The van der Waals surface area contributed by atoms with Crippen molar-refractivity contribution in [3.05, 3.63) is 53.7 Å². The van der Waals surface area contributed by atoms with Crippen molar-refractivity contribution in [2.45, 2.75) is 25.9 Å². The van der Waals surface area contributed by atoms with Crippen LogP contribution in [0.5, 0.6) is 5.75 Å². The fourth-order valence-electron chi connectivity index (χ4n) is 2.91. The lowest BCUT2D eigenvalue weighted by Crippen LogP contribution is -2.43. The van der Waals surface area contributed by atoms with Crippen LogP contribution in [0.1, 0.15) is 17.7 Å². The fraction of sp³-hybridized carbons (Fsp3) is 0.350. The molecule has 2 heterocycles. The van der Waals surface area contributed by atoms with Crippen molar-refractivity contribution >= 4 is 41.7 Å². The largest absolute Gasteiger partial charge is 0.488 e. The molecule has 2 aromatic rings. The lowest BCUT2D eigenvalue weighted by molar-refractivity contribution is -0.116. The van der Waals surface area contributed by atoms with Crippen molar-refractivity contribution in [1.82, 2.24) is 15.6 Å². The van der Waals surface area contributed by atoms with Gasteiger partial charge in [0.25, 0.3) is 0 Å². The molecule has 0 radical (unpaired) electrons. The summed E-state index contributed by atoms with van der Waals surface area (Å²) in [4.78, 5) is 20.5. The molecule has 8 heteroatoms. The Kier molecular flexibility index (Phi) is 8.49. The van der Waals surface area contributed by atoms with Crippen LogP contribution in [0, 0.1) is 6.92 Å². The molecular formula is C20H26IN5O2. The monoisotopic (exact) mass is 495 g/mol. The molecule has 1 amide bonds. The van der Waals surface area contributed by atoms with Gasteiger partial charge in [0.05, 0.1) is 6.54 Å². The van der Waals surface area contributed by atoms with Crippen LogP contribution in [0.3, 0.4) is 0 Å². The molecule has 1 aliphatic rings. The number of amides is 1. The smallest absolute Gasteiger partial charge is 0.227 e. The van der Waals surface area contributed by atoms with Gasteiger partial charge in [-0.05, 0) is 30.7 Å². The highest BCUT2D eigenvalue weighted by Gasteiger charge is 2.22. The second-order valence-electron chi connectivity index (χ2n) is 6.39. The second kappa shape index (κ2) is 10.8. The summed E-state index contributed by atoms with van der Waals surface area (Å²) in [5.41, 5.74) is 2.10. The van der Waals surface area contributed by atoms with E-state index in [1.54, 1.807) is 13.1 Å². The van der Waals surface area contributed by atoms with Crippen LogP contribution in [0.25, 0.3) is 0 Å². The summed E-state index contributed by atoms with van der Waals surface area (Å²) in [5, 5.41) is 9.18. The number of guanidine groups is 1. The van der Waals surface area contributed by atoms with E-state index in [4.69, 9.17) is 4.74 Å². The number of rotatable bonds is 6. The third-order valence-electron chi connectivity index (χ3n) is 4.23. The third-order valence-corrected chi connectivity index (χ3v) is 4.23. The molecule has 3 N–H and O–H groups in total. The summed E-state index contributed by atoms with van der Waals surface area (Å²) in [5.74, 6) is 2.08. The Bertz CT molecular complexity index is 803. The highest BCUT2D eigenvalue weighted by Crippen LogP contribution is 2.27. The van der Waals surface area contributed by atoms with Crippen molar-refractivity contribution < 1.29 is 9.53 Å². The molecule has 1 aromatic heterocycles. The number of benzene rings is 1. The molecule has 0 bridgehead atoms. The predicted molar refractivity (Wildman–Crippen MR) is 122 cm³/mol. The molecule has 1 aromatic carbocycles. The predicted octanol–water partition coefficient (Wildman–Crippen LogP) is 2.51. The molecular weight excluding hydrogens is 469 g/mol. The lowest BCUT2D eigenvalue weighted by Gasteiger charge is -2.15. The first-order valence-electron chi connectivity index (χ1n) is 9.06. The van der Waals surface area contributed by atoms with E-state index in [9.17, 15) is 4.79 Å². The van der Waals surface area contributed by atoms with Gasteiger partial charge < -0.3 is 20.7 Å². The van der Waals surface area contributed by atoms with Crippen LogP contribution >= 0.6 is 24.0 Å². The standard InChI is InChI=1S/C20H25N5O2.HI/c1-14-6-5-9-18(24-14)25-19(26)10-11-22-20(21-2)23-13-16-12-15-7-3-4-8-17(15)27-16;/h3-9,16H,10-13H2,1-2H3,(H2,21,22,23)(H,24,25,26);1H. The first-order chi connectivity index (χ1) is 13.1. The number of aryl methyl sites for hydroxylation is 1. The number of pyridine rings is 1. The van der Waals surface area contributed by atoms with Crippen molar-refractivity contribution in [3.8, 4) is 5.75 Å². The summed E-state index contributed by atoms with van der Waals surface area (Å²) in [6, 6.07) is 13.6. The van der Waals surface area contributed by atoms with Gasteiger partial charge in [-0.1, -0.05) is 24.3 Å². The zero-order chi connectivity index (χ0) is 19.1. The van der Waals surface area contributed by atoms with Crippen molar-refractivity contribution in [3.63, 3.8) is 0 Å². The Morgan fingerprint density at radius 3 is 2.79 bits per heavy atom. The molecule has 0 spiro atoms. The molecule has 3 rings (SSSR count). The normalized spacial score (nSPS) is 15.1. The molecule has 28 heavy (non-hydrogen) atoms. The number of nitrogens with one attached hydrogen (secondary N) is 3. The molecule has 0 saturated heterocycles. The highest BCUT2D eigenvalue weighted by molar-refractivity contribution is 14.0. The number of aliphatic imine (C=N–C) groups is 1. The van der Waals surface area contributed by atoms with Crippen LogP contribution in [0.4, 0.5) is 5.82 Å². The number of ether oxygens (including phenoxy) is 1. The number of carbonyl (C=O) groups is 1. The first-order valence-corrected chi connectivity index (χ1v) is 9.06. The van der Waals surface area contributed by atoms with Gasteiger partial charge in [0, 0.05) is 32.1 Å². The minimum absolute atomic E-state index is 0. The van der Waals surface area contributed by atoms with E-state index < -0.39 is 0 Å². The molecule has 1 aliphatic heterocycles. The van der Waals surface area contributed by atoms with Gasteiger partial charge in [0.1, 0.15) is 17.7 Å². The van der Waals surface area contributed by atoms with Gasteiger partial charge >= 0.3 is 0 Å². The average molecular weight is 495 g/mol. The van der Waals surface area contributed by atoms with Gasteiger partial charge in [-0.2, -0.15) is 0 Å². The number of halogens is 1. The van der Waals surface area contributed by atoms with Crippen LogP contribution in [0.15, 0.2) is 47.5 Å². The highest BCUT2D eigenvalue weighted by atomic mass is 127. The van der Waals surface area contributed by atoms with E-state index >= 15 is 0 Å². The van der Waals surface area contributed by atoms with Gasteiger partial charge in [-0.25, -0.2) is 4.98 Å². The second-order valence-corrected chi connectivity index (χ2v) is 6.39. The first kappa shape index (κ1) is 21.9. The number of nitrogens with zero attached hydrogens (tertiary/aromatic N) is 2.